The second-order valence-corrected chi connectivity index (χ2v) is 5.21. The van der Waals surface area contributed by atoms with E-state index < -0.39 is 12.1 Å². The van der Waals surface area contributed by atoms with Gasteiger partial charge in [-0.15, -0.1) is 0 Å². The van der Waals surface area contributed by atoms with Crippen molar-refractivity contribution in [3.8, 4) is 11.5 Å². The Hall–Kier alpha value is -2.28. The summed E-state index contributed by atoms with van der Waals surface area (Å²) in [5.74, 6) is 0.507. The van der Waals surface area contributed by atoms with Gasteiger partial charge in [-0.05, 0) is 19.1 Å². The standard InChI is InChI=1S/C16H21NO6/c1-10-15(23-10)16(19)17(9-14(18)22-4)8-11-5-6-12(20-2)7-13(11)21-3/h5-7,10,15H,8-9H2,1-4H3/t10-,15-/m1/s1. The zero-order valence-electron chi connectivity index (χ0n) is 13.7. The third-order valence-electron chi connectivity index (χ3n) is 3.67. The molecule has 7 nitrogen and oxygen atoms in total. The lowest BCUT2D eigenvalue weighted by atomic mass is 10.1. The number of benzene rings is 1. The molecule has 0 saturated carbocycles. The Morgan fingerprint density at radius 1 is 1.22 bits per heavy atom. The molecule has 1 aliphatic heterocycles. The van der Waals surface area contributed by atoms with Crippen molar-refractivity contribution in [1.82, 2.24) is 4.90 Å². The number of carbonyl (C=O) groups is 2. The molecule has 0 bridgehead atoms. The molecule has 1 aromatic rings. The molecule has 23 heavy (non-hydrogen) atoms. The van der Waals surface area contributed by atoms with Gasteiger partial charge in [0, 0.05) is 11.6 Å². The van der Waals surface area contributed by atoms with E-state index in [1.54, 1.807) is 25.3 Å². The fourth-order valence-electron chi connectivity index (χ4n) is 2.25. The van der Waals surface area contributed by atoms with Crippen LogP contribution in [0.2, 0.25) is 0 Å². The third kappa shape index (κ3) is 4.13. The van der Waals surface area contributed by atoms with E-state index in [4.69, 9.17) is 14.2 Å². The number of amides is 1. The highest BCUT2D eigenvalue weighted by Gasteiger charge is 2.44. The molecule has 1 amide bonds. The second-order valence-electron chi connectivity index (χ2n) is 5.21. The first-order chi connectivity index (χ1) is 11.0. The first kappa shape index (κ1) is 17.1. The van der Waals surface area contributed by atoms with Crippen LogP contribution in [-0.4, -0.2) is 56.9 Å². The van der Waals surface area contributed by atoms with Crippen molar-refractivity contribution < 1.29 is 28.5 Å². The van der Waals surface area contributed by atoms with Gasteiger partial charge in [0.2, 0.25) is 0 Å². The minimum absolute atomic E-state index is 0.125. The smallest absolute Gasteiger partial charge is 0.325 e. The van der Waals surface area contributed by atoms with Gasteiger partial charge in [0.05, 0.1) is 34.0 Å². The number of rotatable bonds is 7. The number of esters is 1. The molecule has 1 aromatic carbocycles. The van der Waals surface area contributed by atoms with Crippen LogP contribution in [0.4, 0.5) is 0 Å². The summed E-state index contributed by atoms with van der Waals surface area (Å²) >= 11 is 0. The predicted molar refractivity (Wildman–Crippen MR) is 81.3 cm³/mol. The predicted octanol–water partition coefficient (Wildman–Crippen LogP) is 0.993. The second kappa shape index (κ2) is 7.32. The molecule has 0 unspecified atom stereocenters. The van der Waals surface area contributed by atoms with E-state index in [0.717, 1.165) is 5.56 Å². The summed E-state index contributed by atoms with van der Waals surface area (Å²) < 4.78 is 20.4. The maximum atomic E-state index is 12.4. The van der Waals surface area contributed by atoms with E-state index in [0.29, 0.717) is 11.5 Å². The SMILES string of the molecule is COC(=O)CN(Cc1ccc(OC)cc1OC)C(=O)[C@@H]1O[C@@H]1C. The summed E-state index contributed by atoms with van der Waals surface area (Å²) in [4.78, 5) is 25.4. The Morgan fingerprint density at radius 3 is 2.43 bits per heavy atom. The van der Waals surface area contributed by atoms with E-state index in [2.05, 4.69) is 4.74 Å². The highest BCUT2D eigenvalue weighted by Crippen LogP contribution is 2.28. The lowest BCUT2D eigenvalue weighted by Gasteiger charge is -2.22. The average molecular weight is 323 g/mol. The van der Waals surface area contributed by atoms with Crippen LogP contribution in [0.5, 0.6) is 11.5 Å². The molecule has 0 spiro atoms. The van der Waals surface area contributed by atoms with E-state index in [9.17, 15) is 9.59 Å². The highest BCUT2D eigenvalue weighted by atomic mass is 16.6. The number of ether oxygens (including phenoxy) is 4. The number of hydrogen-bond donors (Lipinski definition) is 0. The fraction of sp³-hybridized carbons (Fsp3) is 0.500. The largest absolute Gasteiger partial charge is 0.497 e. The number of nitrogens with zero attached hydrogens (tertiary/aromatic N) is 1. The van der Waals surface area contributed by atoms with Gasteiger partial charge in [0.15, 0.2) is 6.10 Å². The molecule has 1 aliphatic rings. The Balaban J connectivity index is 2.19. The van der Waals surface area contributed by atoms with Crippen LogP contribution in [0.15, 0.2) is 18.2 Å². The molecule has 2 atom stereocenters. The maximum absolute atomic E-state index is 12.4. The molecular weight excluding hydrogens is 302 g/mol. The van der Waals surface area contributed by atoms with Crippen LogP contribution in [0.3, 0.4) is 0 Å². The van der Waals surface area contributed by atoms with E-state index in [1.807, 2.05) is 6.92 Å². The molecular formula is C16H21NO6. The number of epoxide rings is 1. The van der Waals surface area contributed by atoms with E-state index in [-0.39, 0.29) is 25.1 Å². The minimum atomic E-state index is -0.496. The van der Waals surface area contributed by atoms with Crippen LogP contribution in [0.1, 0.15) is 12.5 Å². The number of carbonyl (C=O) groups excluding carboxylic acids is 2. The quantitative estimate of drug-likeness (QED) is 0.550. The van der Waals surface area contributed by atoms with Gasteiger partial charge in [-0.2, -0.15) is 0 Å². The number of methoxy groups -OCH3 is 3. The average Bonchev–Trinajstić information content (AvgIpc) is 3.30. The molecule has 0 N–H and O–H groups in total. The first-order valence-corrected chi connectivity index (χ1v) is 7.22. The zero-order chi connectivity index (χ0) is 17.0. The van der Waals surface area contributed by atoms with Crippen molar-refractivity contribution in [2.45, 2.75) is 25.7 Å². The maximum Gasteiger partial charge on any atom is 0.325 e. The molecule has 7 heteroatoms. The first-order valence-electron chi connectivity index (χ1n) is 7.22. The summed E-state index contributed by atoms with van der Waals surface area (Å²) in [5.41, 5.74) is 0.763. The monoisotopic (exact) mass is 323 g/mol. The molecule has 0 radical (unpaired) electrons. The Kier molecular flexibility index (Phi) is 5.44. The van der Waals surface area contributed by atoms with Gasteiger partial charge in [0.1, 0.15) is 18.0 Å². The van der Waals surface area contributed by atoms with Crippen molar-refractivity contribution in [2.75, 3.05) is 27.9 Å². The highest BCUT2D eigenvalue weighted by molar-refractivity contribution is 5.87. The summed E-state index contributed by atoms with van der Waals surface area (Å²) in [6.07, 6.45) is -0.621. The van der Waals surface area contributed by atoms with E-state index in [1.165, 1.54) is 19.1 Å². The van der Waals surface area contributed by atoms with Crippen molar-refractivity contribution in [1.29, 1.82) is 0 Å². The topological polar surface area (TPSA) is 77.6 Å². The van der Waals surface area contributed by atoms with Crippen LogP contribution >= 0.6 is 0 Å². The molecule has 126 valence electrons. The summed E-state index contributed by atoms with van der Waals surface area (Å²) in [6.45, 7) is 1.89. The van der Waals surface area contributed by atoms with Crippen molar-refractivity contribution >= 4 is 11.9 Å². The summed E-state index contributed by atoms with van der Waals surface area (Å²) in [7, 11) is 4.39. The van der Waals surface area contributed by atoms with Gasteiger partial charge in [-0.3, -0.25) is 9.59 Å². The Morgan fingerprint density at radius 2 is 1.91 bits per heavy atom. The third-order valence-corrected chi connectivity index (χ3v) is 3.67. The van der Waals surface area contributed by atoms with Gasteiger partial charge in [0.25, 0.3) is 5.91 Å². The van der Waals surface area contributed by atoms with Crippen LogP contribution < -0.4 is 9.47 Å². The van der Waals surface area contributed by atoms with Gasteiger partial charge in [-0.1, -0.05) is 0 Å². The lowest BCUT2D eigenvalue weighted by Crippen LogP contribution is -2.39. The van der Waals surface area contributed by atoms with Crippen LogP contribution in [0.25, 0.3) is 0 Å². The fourth-order valence-corrected chi connectivity index (χ4v) is 2.25. The normalized spacial score (nSPS) is 19.0. The van der Waals surface area contributed by atoms with Crippen molar-refractivity contribution in [3.63, 3.8) is 0 Å². The molecule has 0 aromatic heterocycles. The molecule has 2 rings (SSSR count). The van der Waals surface area contributed by atoms with Gasteiger partial charge in [-0.25, -0.2) is 0 Å². The Labute approximate surface area is 135 Å². The van der Waals surface area contributed by atoms with Crippen LogP contribution in [0, 0.1) is 0 Å². The van der Waals surface area contributed by atoms with Crippen molar-refractivity contribution in [3.05, 3.63) is 23.8 Å². The molecule has 1 saturated heterocycles. The van der Waals surface area contributed by atoms with E-state index >= 15 is 0 Å². The molecule has 1 fully saturated rings. The molecule has 0 aliphatic carbocycles. The van der Waals surface area contributed by atoms with Crippen LogP contribution in [-0.2, 0) is 25.6 Å². The zero-order valence-corrected chi connectivity index (χ0v) is 13.7. The lowest BCUT2D eigenvalue weighted by molar-refractivity contribution is -0.147. The minimum Gasteiger partial charge on any atom is -0.497 e. The summed E-state index contributed by atoms with van der Waals surface area (Å²) in [5, 5.41) is 0. The molecule has 1 heterocycles. The van der Waals surface area contributed by atoms with Gasteiger partial charge >= 0.3 is 5.97 Å². The number of hydrogen-bond acceptors (Lipinski definition) is 6. The van der Waals surface area contributed by atoms with Gasteiger partial charge < -0.3 is 23.8 Å². The van der Waals surface area contributed by atoms with Crippen molar-refractivity contribution in [2.24, 2.45) is 0 Å². The Bertz CT molecular complexity index is 588. The summed E-state index contributed by atoms with van der Waals surface area (Å²) in [6, 6.07) is 5.30.